The summed E-state index contributed by atoms with van der Waals surface area (Å²) >= 11 is 0. The minimum absolute atomic E-state index is 0.253. The number of para-hydroxylation sites is 2. The molecule has 0 atom stereocenters. The van der Waals surface area contributed by atoms with Crippen molar-refractivity contribution in [2.24, 2.45) is 0 Å². The molecule has 0 radical (unpaired) electrons. The third-order valence-corrected chi connectivity index (χ3v) is 11.7. The number of benzene rings is 9. The number of hydrogen-bond acceptors (Lipinski definition) is 1. The van der Waals surface area contributed by atoms with Gasteiger partial charge in [-0.2, -0.15) is 0 Å². The molecule has 11 rings (SSSR count). The van der Waals surface area contributed by atoms with Gasteiger partial charge in [0.2, 0.25) is 0 Å². The van der Waals surface area contributed by atoms with Gasteiger partial charge in [0.05, 0.1) is 16.4 Å². The summed E-state index contributed by atoms with van der Waals surface area (Å²) in [5.41, 5.74) is 12.0. The Kier molecular flexibility index (Phi) is 7.48. The number of hydrogen-bond donors (Lipinski definition) is 0. The van der Waals surface area contributed by atoms with Gasteiger partial charge >= 0.3 is 0 Å². The highest BCUT2D eigenvalue weighted by Crippen LogP contribution is 2.58. The highest BCUT2D eigenvalue weighted by atomic mass is 19.1. The number of anilines is 3. The first-order valence-electron chi connectivity index (χ1n) is 19.2. The molecule has 0 fully saturated rings. The van der Waals surface area contributed by atoms with E-state index >= 15 is 0 Å². The smallest absolute Gasteiger partial charge is 0.123 e. The van der Waals surface area contributed by atoms with E-state index < -0.39 is 5.41 Å². The zero-order chi connectivity index (χ0) is 38.1. The maximum atomic E-state index is 14.8. The van der Waals surface area contributed by atoms with E-state index in [-0.39, 0.29) is 11.6 Å². The molecule has 57 heavy (non-hydrogen) atoms. The monoisotopic (exact) mass is 736 g/mol. The van der Waals surface area contributed by atoms with E-state index in [4.69, 9.17) is 0 Å². The topological polar surface area (TPSA) is 8.17 Å². The first-order chi connectivity index (χ1) is 28.1. The molecular formula is C53H34F2N2. The van der Waals surface area contributed by atoms with Crippen LogP contribution in [-0.4, -0.2) is 4.57 Å². The lowest BCUT2D eigenvalue weighted by atomic mass is 9.67. The zero-order valence-corrected chi connectivity index (χ0v) is 30.8. The summed E-state index contributed by atoms with van der Waals surface area (Å²) in [6.45, 7) is 0. The fourth-order valence-corrected chi connectivity index (χ4v) is 9.33. The molecule has 1 aromatic heterocycles. The van der Waals surface area contributed by atoms with Gasteiger partial charge in [-0.1, -0.05) is 115 Å². The molecule has 0 unspecified atom stereocenters. The van der Waals surface area contributed by atoms with Gasteiger partial charge in [-0.3, -0.25) is 0 Å². The molecule has 0 spiro atoms. The van der Waals surface area contributed by atoms with Gasteiger partial charge in [0.15, 0.2) is 0 Å². The van der Waals surface area contributed by atoms with Gasteiger partial charge in [-0.05, 0) is 135 Å². The van der Waals surface area contributed by atoms with Crippen LogP contribution in [-0.2, 0) is 5.41 Å². The normalized spacial score (nSPS) is 12.9. The number of rotatable bonds is 6. The van der Waals surface area contributed by atoms with Gasteiger partial charge in [0.1, 0.15) is 11.6 Å². The molecule has 1 aliphatic carbocycles. The van der Waals surface area contributed by atoms with Crippen LogP contribution in [0.15, 0.2) is 206 Å². The first-order valence-corrected chi connectivity index (χ1v) is 19.2. The lowest BCUT2D eigenvalue weighted by molar-refractivity contribution is 0.629. The number of fused-ring (bicyclic) bond motifs is 7. The summed E-state index contributed by atoms with van der Waals surface area (Å²) in [5, 5.41) is 3.70. The van der Waals surface area contributed by atoms with Gasteiger partial charge in [0.25, 0.3) is 0 Å². The van der Waals surface area contributed by atoms with Gasteiger partial charge in [-0.25, -0.2) is 8.78 Å². The first kappa shape index (κ1) is 33.1. The minimum atomic E-state index is -0.695. The molecule has 1 heterocycles. The Morgan fingerprint density at radius 2 is 0.982 bits per heavy atom. The molecule has 0 bridgehead atoms. The summed E-state index contributed by atoms with van der Waals surface area (Å²) in [6, 6.07) is 69.9. The van der Waals surface area contributed by atoms with Crippen LogP contribution >= 0.6 is 0 Å². The molecule has 0 N–H and O–H groups in total. The van der Waals surface area contributed by atoms with Crippen molar-refractivity contribution in [2.45, 2.75) is 5.41 Å². The van der Waals surface area contributed by atoms with Crippen LogP contribution in [0.1, 0.15) is 22.3 Å². The number of aromatic nitrogens is 1. The maximum Gasteiger partial charge on any atom is 0.123 e. The van der Waals surface area contributed by atoms with Crippen molar-refractivity contribution in [3.8, 4) is 16.8 Å². The van der Waals surface area contributed by atoms with Crippen LogP contribution < -0.4 is 4.90 Å². The van der Waals surface area contributed by atoms with Crippen LogP contribution in [0, 0.1) is 11.6 Å². The number of nitrogens with zero attached hydrogens (tertiary/aromatic N) is 2. The molecule has 0 saturated carbocycles. The molecule has 0 saturated heterocycles. The van der Waals surface area contributed by atoms with Gasteiger partial charge in [0, 0.05) is 33.5 Å². The van der Waals surface area contributed by atoms with E-state index in [2.05, 4.69) is 155 Å². The maximum absolute atomic E-state index is 14.8. The Morgan fingerprint density at radius 3 is 1.70 bits per heavy atom. The third-order valence-electron chi connectivity index (χ3n) is 11.7. The van der Waals surface area contributed by atoms with Crippen LogP contribution in [0.2, 0.25) is 0 Å². The van der Waals surface area contributed by atoms with Crippen molar-refractivity contribution in [3.05, 3.63) is 240 Å². The van der Waals surface area contributed by atoms with Crippen LogP contribution in [0.4, 0.5) is 25.8 Å². The standard InChI is InChI=1S/C53H34F2N2/c54-39-22-21-35-30-47-45-26-24-43(33-50(45)53(37-13-5-1-6-14-37,38-15-7-2-8-16-38)49(47)31-36(35)29-39)56(41-17-9-3-10-18-41)44-25-27-46-48-32-40(55)23-28-51(48)57(52(46)34-44)42-19-11-4-12-20-42/h1-34H. The number of halogens is 2. The molecule has 10 aromatic rings. The average molecular weight is 737 g/mol. The van der Waals surface area contributed by atoms with E-state index in [1.165, 1.54) is 12.1 Å². The highest BCUT2D eigenvalue weighted by molar-refractivity contribution is 6.10. The molecule has 9 aromatic carbocycles. The van der Waals surface area contributed by atoms with E-state index in [9.17, 15) is 8.78 Å². The minimum Gasteiger partial charge on any atom is -0.310 e. The molecule has 270 valence electrons. The van der Waals surface area contributed by atoms with Crippen molar-refractivity contribution >= 4 is 49.6 Å². The average Bonchev–Trinajstić information content (AvgIpc) is 3.73. The lowest BCUT2D eigenvalue weighted by Crippen LogP contribution is -2.28. The lowest BCUT2D eigenvalue weighted by Gasteiger charge is -2.35. The van der Waals surface area contributed by atoms with Crippen molar-refractivity contribution in [2.75, 3.05) is 4.90 Å². The summed E-state index contributed by atoms with van der Waals surface area (Å²) in [5.74, 6) is -0.515. The second-order valence-electron chi connectivity index (χ2n) is 14.8. The molecule has 4 heteroatoms. The van der Waals surface area contributed by atoms with E-state index in [0.717, 1.165) is 88.7 Å². The van der Waals surface area contributed by atoms with Crippen molar-refractivity contribution in [3.63, 3.8) is 0 Å². The fraction of sp³-hybridized carbons (Fsp3) is 0.0189. The molecule has 0 aliphatic heterocycles. The van der Waals surface area contributed by atoms with Crippen molar-refractivity contribution in [1.82, 2.24) is 4.57 Å². The summed E-state index contributed by atoms with van der Waals surface area (Å²) < 4.78 is 31.9. The predicted molar refractivity (Wildman–Crippen MR) is 230 cm³/mol. The van der Waals surface area contributed by atoms with Crippen LogP contribution in [0.3, 0.4) is 0 Å². The summed E-state index contributed by atoms with van der Waals surface area (Å²) in [4.78, 5) is 2.31. The SMILES string of the molecule is Fc1ccc2cc3c(cc2c1)C(c1ccccc1)(c1ccccc1)c1cc(N(c2ccccc2)c2ccc4c5cc(F)ccc5n(-c5ccccc5)c4c2)ccc1-3. The second kappa shape index (κ2) is 12.9. The Morgan fingerprint density at radius 1 is 0.386 bits per heavy atom. The fourth-order valence-electron chi connectivity index (χ4n) is 9.33. The Balaban J connectivity index is 1.20. The summed E-state index contributed by atoms with van der Waals surface area (Å²) in [7, 11) is 0. The highest BCUT2D eigenvalue weighted by Gasteiger charge is 2.46. The molecule has 0 amide bonds. The van der Waals surface area contributed by atoms with Gasteiger partial charge < -0.3 is 9.47 Å². The molecule has 2 nitrogen and oxygen atoms in total. The second-order valence-corrected chi connectivity index (χ2v) is 14.8. The third kappa shape index (κ3) is 5.07. The van der Waals surface area contributed by atoms with Crippen molar-refractivity contribution in [1.29, 1.82) is 0 Å². The zero-order valence-electron chi connectivity index (χ0n) is 30.8. The largest absolute Gasteiger partial charge is 0.310 e. The predicted octanol–water partition coefficient (Wildman–Crippen LogP) is 14.0. The van der Waals surface area contributed by atoms with Crippen molar-refractivity contribution < 1.29 is 8.78 Å². The Hall–Kier alpha value is -7.30. The van der Waals surface area contributed by atoms with E-state index in [1.54, 1.807) is 12.1 Å². The molecular weight excluding hydrogens is 703 g/mol. The Labute approximate surface area is 329 Å². The van der Waals surface area contributed by atoms with Gasteiger partial charge in [-0.15, -0.1) is 0 Å². The summed E-state index contributed by atoms with van der Waals surface area (Å²) in [6.07, 6.45) is 0. The van der Waals surface area contributed by atoms with E-state index in [1.807, 2.05) is 36.4 Å². The Bertz CT molecular complexity index is 3100. The van der Waals surface area contributed by atoms with Crippen LogP contribution in [0.25, 0.3) is 49.4 Å². The molecule has 1 aliphatic rings. The van der Waals surface area contributed by atoms with Crippen LogP contribution in [0.5, 0.6) is 0 Å². The van der Waals surface area contributed by atoms with E-state index in [0.29, 0.717) is 0 Å². The quantitative estimate of drug-likeness (QED) is 0.165.